The lowest BCUT2D eigenvalue weighted by Crippen LogP contribution is -2.32. The van der Waals surface area contributed by atoms with Crippen LogP contribution in [0.2, 0.25) is 0 Å². The molecule has 1 amide bonds. The van der Waals surface area contributed by atoms with Gasteiger partial charge >= 0.3 is 12.1 Å². The molecule has 0 atom stereocenters. The highest BCUT2D eigenvalue weighted by molar-refractivity contribution is 5.80. The summed E-state index contributed by atoms with van der Waals surface area (Å²) in [5.74, 6) is -0.234. The van der Waals surface area contributed by atoms with E-state index in [0.29, 0.717) is 18.3 Å². The van der Waals surface area contributed by atoms with Crippen LogP contribution in [0.3, 0.4) is 0 Å². The molecule has 186 valence electrons. The Morgan fingerprint density at radius 1 is 0.971 bits per heavy atom. The van der Waals surface area contributed by atoms with Gasteiger partial charge in [-0.3, -0.25) is 9.78 Å². The third-order valence-electron chi connectivity index (χ3n) is 5.25. The van der Waals surface area contributed by atoms with Crippen LogP contribution in [-0.2, 0) is 35.3 Å². The number of benzene rings is 1. The molecule has 1 aromatic carbocycles. The second-order valence-corrected chi connectivity index (χ2v) is 10.8. The van der Waals surface area contributed by atoms with E-state index in [0.717, 1.165) is 45.6 Å². The predicted octanol–water partition coefficient (Wildman–Crippen LogP) is 6.11. The Kier molecular flexibility index (Phi) is 9.25. The van der Waals surface area contributed by atoms with E-state index < -0.39 is 17.7 Å². The zero-order valence-electron chi connectivity index (χ0n) is 21.9. The number of carbonyl (C=O) groups is 2. The van der Waals surface area contributed by atoms with Crippen LogP contribution < -0.4 is 5.32 Å². The minimum atomic E-state index is -0.900. The van der Waals surface area contributed by atoms with E-state index in [2.05, 4.69) is 33.0 Å². The van der Waals surface area contributed by atoms with Crippen LogP contribution >= 0.6 is 0 Å². The van der Waals surface area contributed by atoms with Gasteiger partial charge in [0.25, 0.3) is 0 Å². The van der Waals surface area contributed by atoms with Gasteiger partial charge in [0.15, 0.2) is 0 Å². The van der Waals surface area contributed by atoms with Gasteiger partial charge in [-0.15, -0.1) is 0 Å². The third-order valence-corrected chi connectivity index (χ3v) is 5.25. The van der Waals surface area contributed by atoms with Crippen molar-refractivity contribution in [2.45, 2.75) is 86.8 Å². The van der Waals surface area contributed by atoms with Crippen molar-refractivity contribution in [1.82, 2.24) is 10.3 Å². The van der Waals surface area contributed by atoms with E-state index in [1.165, 1.54) is 0 Å². The number of hydrogen-bond donors (Lipinski definition) is 2. The van der Waals surface area contributed by atoms with Crippen LogP contribution in [0.5, 0.6) is 0 Å². The molecule has 0 saturated carbocycles. The van der Waals surface area contributed by atoms with Crippen molar-refractivity contribution in [3.8, 4) is 11.1 Å². The van der Waals surface area contributed by atoms with Crippen LogP contribution in [0, 0.1) is 18.8 Å². The zero-order chi connectivity index (χ0) is 25.6. The number of aliphatic carboxylic acids is 1. The number of aromatic nitrogens is 1. The quantitative estimate of drug-likeness (QED) is 0.464. The summed E-state index contributed by atoms with van der Waals surface area (Å²) in [6.07, 6.45) is 0.776. The number of carboxylic acids is 1. The molecule has 1 aromatic heterocycles. The summed E-state index contributed by atoms with van der Waals surface area (Å²) in [6, 6.07) is 8.09. The molecular formula is C28H40N2O4. The highest BCUT2D eigenvalue weighted by atomic mass is 16.6. The molecule has 0 aliphatic heterocycles. The van der Waals surface area contributed by atoms with Gasteiger partial charge in [-0.1, -0.05) is 57.5 Å². The van der Waals surface area contributed by atoms with Crippen LogP contribution in [0.4, 0.5) is 4.79 Å². The fourth-order valence-corrected chi connectivity index (χ4v) is 3.96. The third kappa shape index (κ3) is 8.15. The monoisotopic (exact) mass is 468 g/mol. The summed E-state index contributed by atoms with van der Waals surface area (Å²) >= 11 is 0. The van der Waals surface area contributed by atoms with Crippen LogP contribution in [0.1, 0.15) is 76.5 Å². The van der Waals surface area contributed by atoms with Crippen molar-refractivity contribution in [1.29, 1.82) is 0 Å². The molecule has 0 spiro atoms. The van der Waals surface area contributed by atoms with Crippen molar-refractivity contribution < 1.29 is 19.4 Å². The fourth-order valence-electron chi connectivity index (χ4n) is 3.96. The number of carboxylic acid groups (broad SMARTS) is 1. The van der Waals surface area contributed by atoms with Gasteiger partial charge in [-0.2, -0.15) is 0 Å². The smallest absolute Gasteiger partial charge is 0.407 e. The fraction of sp³-hybridized carbons (Fsp3) is 0.536. The molecule has 0 aliphatic rings. The Balaban J connectivity index is 2.76. The second kappa shape index (κ2) is 11.5. The molecule has 0 aliphatic carbocycles. The first-order valence-electron chi connectivity index (χ1n) is 12.1. The predicted molar refractivity (Wildman–Crippen MR) is 136 cm³/mol. The summed E-state index contributed by atoms with van der Waals surface area (Å²) in [5.41, 5.74) is 5.59. The van der Waals surface area contributed by atoms with Gasteiger partial charge in [-0.05, 0) is 69.1 Å². The first kappa shape index (κ1) is 27.4. The number of pyridine rings is 1. The maximum atomic E-state index is 12.5. The lowest BCUT2D eigenvalue weighted by atomic mass is 9.86. The molecule has 0 bridgehead atoms. The Hall–Kier alpha value is -2.89. The summed E-state index contributed by atoms with van der Waals surface area (Å²) in [6.45, 7) is 16.2. The molecule has 2 aromatic rings. The molecule has 2 N–H and O–H groups in total. The molecule has 1 heterocycles. The van der Waals surface area contributed by atoms with Crippen molar-refractivity contribution in [2.75, 3.05) is 0 Å². The molecule has 0 radical (unpaired) electrons. The molecule has 0 saturated heterocycles. The average Bonchev–Trinajstić information content (AvgIpc) is 2.67. The van der Waals surface area contributed by atoms with Gasteiger partial charge in [0.05, 0.1) is 6.42 Å². The SMILES string of the molecule is Cc1ccc(-c2c(CNC(=O)OC(C)(C)C)c(CC(C)C)nc(CC(C)C)c2CC(=O)O)cc1. The van der Waals surface area contributed by atoms with Crippen LogP contribution in [0.15, 0.2) is 24.3 Å². The molecule has 6 nitrogen and oxygen atoms in total. The average molecular weight is 469 g/mol. The van der Waals surface area contributed by atoms with Crippen LogP contribution in [0.25, 0.3) is 11.1 Å². The van der Waals surface area contributed by atoms with Crippen molar-refractivity contribution in [3.05, 3.63) is 52.3 Å². The number of nitrogens with zero attached hydrogens (tertiary/aromatic N) is 1. The molecule has 6 heteroatoms. The van der Waals surface area contributed by atoms with Gasteiger partial charge < -0.3 is 15.2 Å². The molecule has 2 rings (SSSR count). The van der Waals surface area contributed by atoms with Crippen molar-refractivity contribution in [2.24, 2.45) is 11.8 Å². The topological polar surface area (TPSA) is 88.5 Å². The number of hydrogen-bond acceptors (Lipinski definition) is 4. The highest BCUT2D eigenvalue weighted by Gasteiger charge is 2.24. The molecular weight excluding hydrogens is 428 g/mol. The van der Waals surface area contributed by atoms with E-state index in [9.17, 15) is 14.7 Å². The first-order chi connectivity index (χ1) is 15.8. The second-order valence-electron chi connectivity index (χ2n) is 10.8. The van der Waals surface area contributed by atoms with E-state index in [4.69, 9.17) is 9.72 Å². The summed E-state index contributed by atoms with van der Waals surface area (Å²) in [7, 11) is 0. The molecule has 34 heavy (non-hydrogen) atoms. The zero-order valence-corrected chi connectivity index (χ0v) is 21.9. The number of nitrogens with one attached hydrogen (secondary N) is 1. The number of aryl methyl sites for hydroxylation is 1. The van der Waals surface area contributed by atoms with Crippen molar-refractivity contribution >= 4 is 12.1 Å². The van der Waals surface area contributed by atoms with Gasteiger partial charge in [0.2, 0.25) is 0 Å². The van der Waals surface area contributed by atoms with E-state index in [-0.39, 0.29) is 13.0 Å². The Bertz CT molecular complexity index is 1000. The number of amides is 1. The number of carbonyl (C=O) groups excluding carboxylic acids is 1. The number of rotatable bonds is 9. The number of alkyl carbamates (subject to hydrolysis) is 1. The van der Waals surface area contributed by atoms with Gasteiger partial charge in [-0.25, -0.2) is 4.79 Å². The minimum absolute atomic E-state index is 0.125. The first-order valence-corrected chi connectivity index (χ1v) is 12.1. The number of ether oxygens (including phenoxy) is 1. The summed E-state index contributed by atoms with van der Waals surface area (Å²) < 4.78 is 5.45. The van der Waals surface area contributed by atoms with Gasteiger partial charge in [0, 0.05) is 23.5 Å². The molecule has 0 unspecified atom stereocenters. The normalized spacial score (nSPS) is 11.7. The van der Waals surface area contributed by atoms with E-state index in [1.807, 2.05) is 52.0 Å². The Morgan fingerprint density at radius 3 is 1.97 bits per heavy atom. The standard InChI is InChI=1S/C28H40N2O4/c1-17(2)13-23-21(15-25(31)32)26(20-11-9-19(5)10-12-20)22(24(30-23)14-18(3)4)16-29-27(33)34-28(6,7)8/h9-12,17-18H,13-16H2,1-8H3,(H,29,33)(H,31,32). The van der Waals surface area contributed by atoms with E-state index in [1.54, 1.807) is 0 Å². The Morgan fingerprint density at radius 2 is 1.50 bits per heavy atom. The minimum Gasteiger partial charge on any atom is -0.481 e. The largest absolute Gasteiger partial charge is 0.481 e. The maximum absolute atomic E-state index is 12.5. The van der Waals surface area contributed by atoms with E-state index >= 15 is 0 Å². The van der Waals surface area contributed by atoms with Gasteiger partial charge in [0.1, 0.15) is 5.60 Å². The lowest BCUT2D eigenvalue weighted by molar-refractivity contribution is -0.136. The summed E-state index contributed by atoms with van der Waals surface area (Å²) in [5, 5.41) is 12.7. The van der Waals surface area contributed by atoms with Crippen LogP contribution in [-0.4, -0.2) is 27.8 Å². The maximum Gasteiger partial charge on any atom is 0.407 e. The lowest BCUT2D eigenvalue weighted by Gasteiger charge is -2.24. The van der Waals surface area contributed by atoms with Crippen molar-refractivity contribution in [3.63, 3.8) is 0 Å². The summed E-state index contributed by atoms with van der Waals surface area (Å²) in [4.78, 5) is 29.4. The molecule has 0 fully saturated rings. The highest BCUT2D eigenvalue weighted by Crippen LogP contribution is 2.34. The Labute approximate surface area is 204 Å².